The Morgan fingerprint density at radius 3 is 1.10 bits per heavy atom. The fraction of sp³-hybridized carbons (Fsp3) is 0.222. The molecule has 3 heteroatoms. The molecular weight excluding hydrogens is 419 g/mol. The molecule has 0 saturated carbocycles. The van der Waals surface area contributed by atoms with Gasteiger partial charge in [-0.05, 0) is 28.2 Å². The molecule has 0 saturated heterocycles. The summed E-state index contributed by atoms with van der Waals surface area (Å²) in [5.41, 5.74) is 4.52. The monoisotopic (exact) mass is 443 g/mol. The Morgan fingerprint density at radius 1 is 0.619 bits per heavy atom. The summed E-state index contributed by atoms with van der Waals surface area (Å²) >= 11 is 0. The maximum Gasteiger partial charge on any atom is 0 e. The van der Waals surface area contributed by atoms with Crippen molar-refractivity contribution in [1.82, 2.24) is 0 Å². The maximum absolute atomic E-state index is 3.90. The van der Waals surface area contributed by atoms with Gasteiger partial charge in [0.2, 0.25) is 0 Å². The predicted octanol–water partition coefficient (Wildman–Crippen LogP) is 3.87. The molecule has 0 unspecified atom stereocenters. The Labute approximate surface area is 159 Å². The normalized spacial score (nSPS) is 8.95. The maximum atomic E-state index is 3.90. The van der Waals surface area contributed by atoms with Crippen molar-refractivity contribution in [2.24, 2.45) is 0 Å². The quantitative estimate of drug-likeness (QED) is 0.651. The molecule has 0 fully saturated rings. The van der Waals surface area contributed by atoms with Crippen molar-refractivity contribution in [3.05, 3.63) is 73.5 Å². The first kappa shape index (κ1) is 20.0. The zero-order chi connectivity index (χ0) is 15.1. The molecule has 1 radical (unpaired) electrons. The molecule has 0 N–H and O–H groups in total. The van der Waals surface area contributed by atoms with Crippen molar-refractivity contribution in [2.75, 3.05) is 38.0 Å². The van der Waals surface area contributed by atoms with E-state index in [1.165, 1.54) is 11.4 Å². The smallest absolute Gasteiger partial charge is 0 e. The number of hydrogen-bond acceptors (Lipinski definition) is 2. The standard InChI is InChI=1S/2C9H12N.Lu/c2*1-8-6-4-5-7-9(8)10(2)3;/h2*4-7H,1H2,2-3H3;/q2*-1;. The van der Waals surface area contributed by atoms with Crippen LogP contribution in [0.15, 0.2) is 48.5 Å². The van der Waals surface area contributed by atoms with Crippen LogP contribution in [0, 0.1) is 50.7 Å². The van der Waals surface area contributed by atoms with Crippen LogP contribution in [0.3, 0.4) is 0 Å². The van der Waals surface area contributed by atoms with E-state index in [0.29, 0.717) is 0 Å². The zero-order valence-corrected chi connectivity index (χ0v) is 14.8. The second kappa shape index (κ2) is 9.86. The minimum absolute atomic E-state index is 0. The summed E-state index contributed by atoms with van der Waals surface area (Å²) in [6, 6.07) is 16.2. The van der Waals surface area contributed by atoms with Gasteiger partial charge in [0.25, 0.3) is 0 Å². The second-order valence-corrected chi connectivity index (χ2v) is 5.05. The Balaban J connectivity index is 0.000000364. The van der Waals surface area contributed by atoms with Gasteiger partial charge in [-0.3, -0.25) is 0 Å². The van der Waals surface area contributed by atoms with Crippen molar-refractivity contribution in [3.8, 4) is 0 Å². The van der Waals surface area contributed by atoms with Gasteiger partial charge < -0.3 is 9.80 Å². The van der Waals surface area contributed by atoms with E-state index in [0.717, 1.165) is 11.1 Å². The first-order valence-electron chi connectivity index (χ1n) is 6.60. The van der Waals surface area contributed by atoms with Crippen LogP contribution < -0.4 is 9.80 Å². The molecule has 0 aliphatic heterocycles. The second-order valence-electron chi connectivity index (χ2n) is 5.05. The number of para-hydroxylation sites is 2. The number of benzene rings is 2. The van der Waals surface area contributed by atoms with E-state index in [2.05, 4.69) is 35.8 Å². The van der Waals surface area contributed by atoms with Gasteiger partial charge in [-0.1, -0.05) is 35.6 Å². The van der Waals surface area contributed by atoms with Crippen LogP contribution in [0.25, 0.3) is 0 Å². The van der Waals surface area contributed by atoms with Crippen LogP contribution in [0.1, 0.15) is 11.1 Å². The third-order valence-electron chi connectivity index (χ3n) is 2.95. The summed E-state index contributed by atoms with van der Waals surface area (Å²) in [5, 5.41) is 0. The van der Waals surface area contributed by atoms with E-state index in [1.807, 2.05) is 64.6 Å². The topological polar surface area (TPSA) is 6.48 Å². The number of anilines is 2. The molecule has 0 aliphatic carbocycles. The zero-order valence-electron chi connectivity index (χ0n) is 13.2. The van der Waals surface area contributed by atoms with E-state index >= 15 is 0 Å². The molecular formula is C18H24LuN2-2. The summed E-state index contributed by atoms with van der Waals surface area (Å²) < 4.78 is 0. The fourth-order valence-electron chi connectivity index (χ4n) is 1.89. The predicted molar refractivity (Wildman–Crippen MR) is 90.5 cm³/mol. The van der Waals surface area contributed by atoms with Crippen LogP contribution in [0.4, 0.5) is 11.4 Å². The van der Waals surface area contributed by atoms with Crippen LogP contribution in [0.5, 0.6) is 0 Å². The van der Waals surface area contributed by atoms with Crippen molar-refractivity contribution < 1.29 is 36.9 Å². The van der Waals surface area contributed by atoms with Gasteiger partial charge >= 0.3 is 0 Å². The number of rotatable bonds is 2. The van der Waals surface area contributed by atoms with Gasteiger partial charge in [0.1, 0.15) is 0 Å². The Hall–Kier alpha value is -0.986. The third kappa shape index (κ3) is 6.54. The van der Waals surface area contributed by atoms with Crippen molar-refractivity contribution in [3.63, 3.8) is 0 Å². The number of hydrogen-bond donors (Lipinski definition) is 0. The first-order chi connectivity index (χ1) is 9.43. The van der Waals surface area contributed by atoms with Gasteiger partial charge in [0.15, 0.2) is 0 Å². The van der Waals surface area contributed by atoms with Gasteiger partial charge in [-0.15, -0.1) is 12.1 Å². The molecule has 2 rings (SSSR count). The largest absolute Gasteiger partial charge is 0.428 e. The SMILES string of the molecule is [CH2-]c1ccccc1N(C)C.[CH2-]c1ccccc1N(C)C.[Lu]. The van der Waals surface area contributed by atoms with Crippen LogP contribution in [-0.4, -0.2) is 28.2 Å². The Morgan fingerprint density at radius 2 is 0.905 bits per heavy atom. The summed E-state index contributed by atoms with van der Waals surface area (Å²) in [4.78, 5) is 4.12. The molecule has 123 valence electrons. The molecule has 0 spiro atoms. The van der Waals surface area contributed by atoms with Crippen LogP contribution >= 0.6 is 0 Å². The summed E-state index contributed by atoms with van der Waals surface area (Å²) in [6.07, 6.45) is 0. The van der Waals surface area contributed by atoms with E-state index in [4.69, 9.17) is 0 Å². The molecule has 0 amide bonds. The first-order valence-corrected chi connectivity index (χ1v) is 6.60. The fourth-order valence-corrected chi connectivity index (χ4v) is 1.89. The third-order valence-corrected chi connectivity index (χ3v) is 2.95. The van der Waals surface area contributed by atoms with Crippen molar-refractivity contribution in [2.45, 2.75) is 0 Å². The molecule has 21 heavy (non-hydrogen) atoms. The minimum atomic E-state index is 0. The van der Waals surface area contributed by atoms with Crippen LogP contribution in [0.2, 0.25) is 0 Å². The molecule has 0 atom stereocenters. The van der Waals surface area contributed by atoms with Crippen molar-refractivity contribution in [1.29, 1.82) is 0 Å². The van der Waals surface area contributed by atoms with Gasteiger partial charge in [0, 0.05) is 36.9 Å². The molecule has 0 bridgehead atoms. The Bertz CT molecular complexity index is 487. The van der Waals surface area contributed by atoms with E-state index < -0.39 is 0 Å². The van der Waals surface area contributed by atoms with E-state index in [1.54, 1.807) is 0 Å². The summed E-state index contributed by atoms with van der Waals surface area (Å²) in [5.74, 6) is 0. The average molecular weight is 443 g/mol. The number of nitrogens with zero attached hydrogens (tertiary/aromatic N) is 2. The minimum Gasteiger partial charge on any atom is -0.428 e. The molecule has 0 aliphatic rings. The molecule has 2 aromatic rings. The van der Waals surface area contributed by atoms with E-state index in [9.17, 15) is 0 Å². The molecule has 0 aromatic heterocycles. The van der Waals surface area contributed by atoms with Gasteiger partial charge in [-0.25, -0.2) is 0 Å². The van der Waals surface area contributed by atoms with Gasteiger partial charge in [-0.2, -0.15) is 37.1 Å². The average Bonchev–Trinajstić information content (AvgIpc) is 2.40. The van der Waals surface area contributed by atoms with E-state index in [-0.39, 0.29) is 36.9 Å². The van der Waals surface area contributed by atoms with Crippen LogP contribution in [-0.2, 0) is 0 Å². The molecule has 0 heterocycles. The van der Waals surface area contributed by atoms with Gasteiger partial charge in [0.05, 0.1) is 0 Å². The molecule has 2 aromatic carbocycles. The molecule has 2 nitrogen and oxygen atoms in total. The Kier molecular flexibility index (Phi) is 9.40. The summed E-state index contributed by atoms with van der Waals surface area (Å²) in [7, 11) is 8.07. The van der Waals surface area contributed by atoms with Crippen molar-refractivity contribution >= 4 is 11.4 Å². The summed E-state index contributed by atoms with van der Waals surface area (Å²) in [6.45, 7) is 7.80.